The monoisotopic (exact) mass is 297 g/mol. The molecule has 0 radical (unpaired) electrons. The first-order valence-electron chi connectivity index (χ1n) is 6.63. The number of carbonyl (C=O) groups is 1. The van der Waals surface area contributed by atoms with E-state index in [1.807, 2.05) is 0 Å². The van der Waals surface area contributed by atoms with Gasteiger partial charge in [0.2, 0.25) is 0 Å². The standard InChI is InChI=1S/C17H12FNO3/c1-11-19-15-10-14(6-7-16(15)21-11)22-17(20)8-5-12-3-2-4-13(18)9-12/h2-10H,1H3/b8-5+. The molecule has 4 nitrogen and oxygen atoms in total. The summed E-state index contributed by atoms with van der Waals surface area (Å²) in [5.41, 5.74) is 1.84. The number of ether oxygens (including phenoxy) is 1. The number of nitrogens with zero attached hydrogens (tertiary/aromatic N) is 1. The Morgan fingerprint density at radius 2 is 2.14 bits per heavy atom. The van der Waals surface area contributed by atoms with Crippen molar-refractivity contribution in [2.45, 2.75) is 6.92 Å². The fourth-order valence-electron chi connectivity index (χ4n) is 2.01. The molecule has 0 saturated carbocycles. The third-order valence-corrected chi connectivity index (χ3v) is 2.94. The number of fused-ring (bicyclic) bond motifs is 1. The number of carbonyl (C=O) groups excluding carboxylic acids is 1. The predicted molar refractivity (Wildman–Crippen MR) is 79.8 cm³/mol. The van der Waals surface area contributed by atoms with Crippen LogP contribution < -0.4 is 4.74 Å². The maximum Gasteiger partial charge on any atom is 0.336 e. The van der Waals surface area contributed by atoms with E-state index in [1.165, 1.54) is 24.3 Å². The van der Waals surface area contributed by atoms with Gasteiger partial charge < -0.3 is 9.15 Å². The molecule has 0 aliphatic rings. The van der Waals surface area contributed by atoms with Crippen molar-refractivity contribution < 1.29 is 18.3 Å². The van der Waals surface area contributed by atoms with Crippen molar-refractivity contribution in [1.29, 1.82) is 0 Å². The van der Waals surface area contributed by atoms with Crippen LogP contribution in [0.2, 0.25) is 0 Å². The number of hydrogen-bond acceptors (Lipinski definition) is 4. The molecule has 1 heterocycles. The highest BCUT2D eigenvalue weighted by Gasteiger charge is 2.06. The summed E-state index contributed by atoms with van der Waals surface area (Å²) in [6.45, 7) is 1.74. The molecule has 1 aromatic heterocycles. The average molecular weight is 297 g/mol. The van der Waals surface area contributed by atoms with Crippen molar-refractivity contribution in [2.24, 2.45) is 0 Å². The van der Waals surface area contributed by atoms with Gasteiger partial charge >= 0.3 is 5.97 Å². The van der Waals surface area contributed by atoms with E-state index < -0.39 is 5.97 Å². The van der Waals surface area contributed by atoms with Crippen LogP contribution in [0.5, 0.6) is 5.75 Å². The van der Waals surface area contributed by atoms with Crippen molar-refractivity contribution in [3.05, 3.63) is 65.8 Å². The van der Waals surface area contributed by atoms with Gasteiger partial charge in [-0.15, -0.1) is 0 Å². The number of hydrogen-bond donors (Lipinski definition) is 0. The van der Waals surface area contributed by atoms with Crippen molar-refractivity contribution >= 4 is 23.1 Å². The summed E-state index contributed by atoms with van der Waals surface area (Å²) < 4.78 is 23.5. The number of oxazole rings is 1. The van der Waals surface area contributed by atoms with E-state index in [9.17, 15) is 9.18 Å². The zero-order valence-electron chi connectivity index (χ0n) is 11.7. The molecule has 110 valence electrons. The third-order valence-electron chi connectivity index (χ3n) is 2.94. The van der Waals surface area contributed by atoms with Crippen LogP contribution in [-0.4, -0.2) is 11.0 Å². The maximum atomic E-state index is 13.0. The summed E-state index contributed by atoms with van der Waals surface area (Å²) >= 11 is 0. The first-order valence-corrected chi connectivity index (χ1v) is 6.63. The molecule has 0 bridgehead atoms. The van der Waals surface area contributed by atoms with Gasteiger partial charge in [-0.25, -0.2) is 14.2 Å². The number of halogens is 1. The predicted octanol–water partition coefficient (Wildman–Crippen LogP) is 3.89. The van der Waals surface area contributed by atoms with Crippen LogP contribution in [0.25, 0.3) is 17.2 Å². The van der Waals surface area contributed by atoms with Gasteiger partial charge in [0.05, 0.1) is 0 Å². The second kappa shape index (κ2) is 5.81. The number of aromatic nitrogens is 1. The van der Waals surface area contributed by atoms with Gasteiger partial charge in [0.15, 0.2) is 11.5 Å². The van der Waals surface area contributed by atoms with E-state index in [4.69, 9.17) is 9.15 Å². The summed E-state index contributed by atoms with van der Waals surface area (Å²) in [4.78, 5) is 15.9. The Hall–Kier alpha value is -2.95. The van der Waals surface area contributed by atoms with Crippen LogP contribution in [0.15, 0.2) is 53.0 Å². The highest BCUT2D eigenvalue weighted by atomic mass is 19.1. The van der Waals surface area contributed by atoms with E-state index in [0.717, 1.165) is 0 Å². The van der Waals surface area contributed by atoms with Crippen molar-refractivity contribution in [3.63, 3.8) is 0 Å². The van der Waals surface area contributed by atoms with Crippen LogP contribution in [0.1, 0.15) is 11.5 Å². The molecule has 0 saturated heterocycles. The zero-order valence-corrected chi connectivity index (χ0v) is 11.7. The van der Waals surface area contributed by atoms with E-state index >= 15 is 0 Å². The van der Waals surface area contributed by atoms with Gasteiger partial charge in [-0.3, -0.25) is 0 Å². The summed E-state index contributed by atoms with van der Waals surface area (Å²) in [5, 5.41) is 0. The van der Waals surface area contributed by atoms with E-state index in [1.54, 1.807) is 37.3 Å². The molecular weight excluding hydrogens is 285 g/mol. The molecule has 0 aliphatic heterocycles. The normalized spacial score (nSPS) is 11.2. The number of benzene rings is 2. The molecule has 3 rings (SSSR count). The molecule has 22 heavy (non-hydrogen) atoms. The Morgan fingerprint density at radius 1 is 1.27 bits per heavy atom. The van der Waals surface area contributed by atoms with Crippen LogP contribution in [0, 0.1) is 12.7 Å². The number of aryl methyl sites for hydroxylation is 1. The topological polar surface area (TPSA) is 52.3 Å². The SMILES string of the molecule is Cc1nc2cc(OC(=O)/C=C/c3cccc(F)c3)ccc2o1. The smallest absolute Gasteiger partial charge is 0.336 e. The average Bonchev–Trinajstić information content (AvgIpc) is 2.84. The Labute approximate surface area is 125 Å². The highest BCUT2D eigenvalue weighted by Crippen LogP contribution is 2.21. The lowest BCUT2D eigenvalue weighted by molar-refractivity contribution is -0.128. The second-order valence-corrected chi connectivity index (χ2v) is 4.67. The molecule has 0 amide bonds. The molecular formula is C17H12FNO3. The zero-order chi connectivity index (χ0) is 15.5. The van der Waals surface area contributed by atoms with Gasteiger partial charge in [-0.05, 0) is 35.9 Å². The summed E-state index contributed by atoms with van der Waals surface area (Å²) in [6, 6.07) is 10.9. The molecule has 0 atom stereocenters. The number of esters is 1. The molecule has 0 unspecified atom stereocenters. The van der Waals surface area contributed by atoms with E-state index in [0.29, 0.717) is 28.3 Å². The van der Waals surface area contributed by atoms with Crippen LogP contribution in [0.3, 0.4) is 0 Å². The van der Waals surface area contributed by atoms with Gasteiger partial charge in [0.25, 0.3) is 0 Å². The fraction of sp³-hybridized carbons (Fsp3) is 0.0588. The first-order chi connectivity index (χ1) is 10.6. The molecule has 3 aromatic rings. The maximum absolute atomic E-state index is 13.0. The van der Waals surface area contributed by atoms with Gasteiger partial charge in [-0.1, -0.05) is 12.1 Å². The van der Waals surface area contributed by atoms with Crippen LogP contribution in [0.4, 0.5) is 4.39 Å². The molecule has 5 heteroatoms. The van der Waals surface area contributed by atoms with Gasteiger partial charge in [0.1, 0.15) is 17.1 Å². The van der Waals surface area contributed by atoms with Gasteiger partial charge in [-0.2, -0.15) is 0 Å². The summed E-state index contributed by atoms with van der Waals surface area (Å²) in [6.07, 6.45) is 2.73. The second-order valence-electron chi connectivity index (χ2n) is 4.67. The van der Waals surface area contributed by atoms with Crippen LogP contribution >= 0.6 is 0 Å². The minimum atomic E-state index is -0.552. The molecule has 0 fully saturated rings. The van der Waals surface area contributed by atoms with E-state index in [2.05, 4.69) is 4.98 Å². The molecule has 2 aromatic carbocycles. The lowest BCUT2D eigenvalue weighted by Gasteiger charge is -2.00. The van der Waals surface area contributed by atoms with Crippen LogP contribution in [-0.2, 0) is 4.79 Å². The lowest BCUT2D eigenvalue weighted by Crippen LogP contribution is -2.03. The fourth-order valence-corrected chi connectivity index (χ4v) is 2.01. The Bertz CT molecular complexity index is 867. The minimum Gasteiger partial charge on any atom is -0.441 e. The van der Waals surface area contributed by atoms with Gasteiger partial charge in [0, 0.05) is 19.1 Å². The van der Waals surface area contributed by atoms with Crippen molar-refractivity contribution in [1.82, 2.24) is 4.98 Å². The molecule has 0 aliphatic carbocycles. The quantitative estimate of drug-likeness (QED) is 0.418. The summed E-state index contributed by atoms with van der Waals surface area (Å²) in [7, 11) is 0. The number of rotatable bonds is 3. The molecule has 0 spiro atoms. The van der Waals surface area contributed by atoms with E-state index in [-0.39, 0.29) is 5.82 Å². The Kier molecular flexibility index (Phi) is 3.70. The minimum absolute atomic E-state index is 0.359. The Morgan fingerprint density at radius 3 is 2.95 bits per heavy atom. The highest BCUT2D eigenvalue weighted by molar-refractivity contribution is 5.89. The largest absolute Gasteiger partial charge is 0.441 e. The summed E-state index contributed by atoms with van der Waals surface area (Å²) in [5.74, 6) is 0.00497. The molecule has 0 N–H and O–H groups in total. The lowest BCUT2D eigenvalue weighted by atomic mass is 10.2. The van der Waals surface area contributed by atoms with Crippen molar-refractivity contribution in [2.75, 3.05) is 0 Å². The van der Waals surface area contributed by atoms with Crippen molar-refractivity contribution in [3.8, 4) is 5.75 Å². The Balaban J connectivity index is 1.72. The third kappa shape index (κ3) is 3.20. The first kappa shape index (κ1) is 14.0.